The van der Waals surface area contributed by atoms with Gasteiger partial charge in [-0.1, -0.05) is 79.4 Å². The average Bonchev–Trinajstić information content (AvgIpc) is 3.10. The van der Waals surface area contributed by atoms with E-state index in [2.05, 4.69) is 95.5 Å². The van der Waals surface area contributed by atoms with Crippen LogP contribution in [0, 0.1) is 0 Å². The Morgan fingerprint density at radius 3 is 1.76 bits per heavy atom. The van der Waals surface area contributed by atoms with Crippen molar-refractivity contribution < 1.29 is 0 Å². The number of nitrogens with zero attached hydrogens (tertiary/aromatic N) is 2. The fourth-order valence-corrected chi connectivity index (χ4v) is 3.27. The number of anilines is 2. The van der Waals surface area contributed by atoms with Gasteiger partial charge in [0.25, 0.3) is 0 Å². The molecule has 0 spiro atoms. The summed E-state index contributed by atoms with van der Waals surface area (Å²) in [7, 11) is 0. The van der Waals surface area contributed by atoms with Crippen molar-refractivity contribution in [3.8, 4) is 0 Å². The maximum Gasteiger partial charge on any atom is 0.0755 e. The molecule has 25 heavy (non-hydrogen) atoms. The molecule has 0 unspecified atom stereocenters. The average molecular weight is 324 g/mol. The van der Waals surface area contributed by atoms with Crippen LogP contribution in [0.4, 0.5) is 11.4 Å². The second-order valence-electron chi connectivity index (χ2n) is 5.98. The molecular formula is C23H20N2. The summed E-state index contributed by atoms with van der Waals surface area (Å²) in [4.78, 5) is 0. The molecule has 0 fully saturated rings. The lowest BCUT2D eigenvalue weighted by atomic mass is 10.1. The van der Waals surface area contributed by atoms with E-state index in [1.807, 2.05) is 18.2 Å². The Bertz CT molecular complexity index is 883. The Kier molecular flexibility index (Phi) is 4.09. The lowest BCUT2D eigenvalue weighted by Gasteiger charge is -2.34. The smallest absolute Gasteiger partial charge is 0.0755 e. The minimum atomic E-state index is 0.798. The summed E-state index contributed by atoms with van der Waals surface area (Å²) in [6.07, 6.45) is 1.97. The number of hydrogen-bond donors (Lipinski definition) is 0. The van der Waals surface area contributed by atoms with Gasteiger partial charge in [0.15, 0.2) is 0 Å². The third-order valence-corrected chi connectivity index (χ3v) is 4.43. The third-order valence-electron chi connectivity index (χ3n) is 4.43. The van der Waals surface area contributed by atoms with Crippen molar-refractivity contribution in [3.63, 3.8) is 0 Å². The van der Waals surface area contributed by atoms with E-state index in [4.69, 9.17) is 0 Å². The fourth-order valence-electron chi connectivity index (χ4n) is 3.27. The number of benzene rings is 3. The van der Waals surface area contributed by atoms with E-state index in [0.29, 0.717) is 0 Å². The quantitative estimate of drug-likeness (QED) is 0.623. The summed E-state index contributed by atoms with van der Waals surface area (Å²) < 4.78 is 0. The Balaban J connectivity index is 1.89. The van der Waals surface area contributed by atoms with Crippen molar-refractivity contribution in [3.05, 3.63) is 115 Å². The molecule has 2 nitrogen and oxygen atoms in total. The molecular weight excluding hydrogens is 304 g/mol. The first-order valence-corrected chi connectivity index (χ1v) is 8.47. The maximum absolute atomic E-state index is 4.06. The van der Waals surface area contributed by atoms with Gasteiger partial charge >= 0.3 is 0 Å². The van der Waals surface area contributed by atoms with Crippen molar-refractivity contribution in [1.82, 2.24) is 0 Å². The second kappa shape index (κ2) is 6.70. The van der Waals surface area contributed by atoms with Crippen LogP contribution in [0.1, 0.15) is 5.56 Å². The Labute approximate surface area is 148 Å². The summed E-state index contributed by atoms with van der Waals surface area (Å²) in [5.41, 5.74) is 5.91. The predicted molar refractivity (Wildman–Crippen MR) is 106 cm³/mol. The molecule has 3 aromatic rings. The normalized spacial score (nSPS) is 14.1. The zero-order valence-electron chi connectivity index (χ0n) is 14.0. The van der Waals surface area contributed by atoms with E-state index < -0.39 is 0 Å². The molecule has 0 aromatic heterocycles. The van der Waals surface area contributed by atoms with E-state index in [-0.39, 0.29) is 0 Å². The Hall–Kier alpha value is -3.26. The molecule has 0 saturated heterocycles. The summed E-state index contributed by atoms with van der Waals surface area (Å²) in [5.74, 6) is 0. The summed E-state index contributed by atoms with van der Waals surface area (Å²) in [6.45, 7) is 4.86. The molecule has 122 valence electrons. The van der Waals surface area contributed by atoms with Gasteiger partial charge in [0.05, 0.1) is 23.6 Å². The minimum Gasteiger partial charge on any atom is -0.276 e. The fraction of sp³-hybridized carbons (Fsp3) is 0.0435. The molecule has 2 heteroatoms. The Morgan fingerprint density at radius 2 is 1.20 bits per heavy atom. The van der Waals surface area contributed by atoms with Gasteiger partial charge in [0.2, 0.25) is 0 Å². The molecule has 0 amide bonds. The molecule has 0 atom stereocenters. The molecule has 1 aliphatic rings. The van der Waals surface area contributed by atoms with E-state index >= 15 is 0 Å². The van der Waals surface area contributed by atoms with E-state index in [0.717, 1.165) is 17.9 Å². The highest BCUT2D eigenvalue weighted by Gasteiger charge is 2.30. The van der Waals surface area contributed by atoms with E-state index in [1.165, 1.54) is 16.8 Å². The van der Waals surface area contributed by atoms with Crippen LogP contribution >= 0.6 is 0 Å². The van der Waals surface area contributed by atoms with Crippen molar-refractivity contribution in [1.29, 1.82) is 0 Å². The van der Waals surface area contributed by atoms with Crippen LogP contribution in [-0.4, -0.2) is 6.54 Å². The topological polar surface area (TPSA) is 6.48 Å². The monoisotopic (exact) mass is 324 g/mol. The van der Waals surface area contributed by atoms with Crippen molar-refractivity contribution >= 4 is 17.1 Å². The highest BCUT2D eigenvalue weighted by Crippen LogP contribution is 2.38. The lowest BCUT2D eigenvalue weighted by Crippen LogP contribution is -2.37. The molecule has 0 bridgehead atoms. The largest absolute Gasteiger partial charge is 0.276 e. The first-order valence-electron chi connectivity index (χ1n) is 8.47. The molecule has 0 radical (unpaired) electrons. The van der Waals surface area contributed by atoms with Crippen LogP contribution < -0.4 is 10.0 Å². The molecule has 3 aromatic carbocycles. The van der Waals surface area contributed by atoms with Crippen LogP contribution in [0.15, 0.2) is 109 Å². The SMILES string of the molecule is C=CC1=C(c2ccccc2)N(c2ccccc2)N(c2ccccc2)C1. The van der Waals surface area contributed by atoms with Gasteiger partial charge in [0.1, 0.15) is 0 Å². The first kappa shape index (κ1) is 15.3. The molecule has 1 aliphatic heterocycles. The molecule has 0 N–H and O–H groups in total. The lowest BCUT2D eigenvalue weighted by molar-refractivity contribution is 0.924. The standard InChI is InChI=1S/C23H20N2/c1-2-19-18-24(21-14-8-4-9-15-21)25(22-16-10-5-11-17-22)23(19)20-12-6-3-7-13-20/h2-17H,1,18H2. The number of rotatable bonds is 4. The minimum absolute atomic E-state index is 0.798. The Morgan fingerprint density at radius 1 is 0.680 bits per heavy atom. The van der Waals surface area contributed by atoms with Crippen molar-refractivity contribution in [2.45, 2.75) is 0 Å². The molecule has 0 saturated carbocycles. The summed E-state index contributed by atoms with van der Waals surface area (Å²) in [5, 5.41) is 4.59. The van der Waals surface area contributed by atoms with Crippen LogP contribution in [0.2, 0.25) is 0 Å². The van der Waals surface area contributed by atoms with Gasteiger partial charge in [-0.05, 0) is 29.8 Å². The second-order valence-corrected chi connectivity index (χ2v) is 5.98. The van der Waals surface area contributed by atoms with Gasteiger partial charge in [0, 0.05) is 5.56 Å². The maximum atomic E-state index is 4.06. The summed E-state index contributed by atoms with van der Waals surface area (Å²) in [6, 6.07) is 31.5. The number of hydrazine groups is 1. The predicted octanol–water partition coefficient (Wildman–Crippen LogP) is 5.53. The van der Waals surface area contributed by atoms with Crippen molar-refractivity contribution in [2.75, 3.05) is 16.6 Å². The van der Waals surface area contributed by atoms with Crippen LogP contribution in [0.5, 0.6) is 0 Å². The van der Waals surface area contributed by atoms with Crippen LogP contribution in [0.25, 0.3) is 5.70 Å². The van der Waals surface area contributed by atoms with Gasteiger partial charge in [-0.2, -0.15) is 0 Å². The molecule has 1 heterocycles. The van der Waals surface area contributed by atoms with Gasteiger partial charge < -0.3 is 0 Å². The zero-order valence-corrected chi connectivity index (χ0v) is 14.0. The highest BCUT2D eigenvalue weighted by molar-refractivity contribution is 5.89. The molecule has 0 aliphatic carbocycles. The van der Waals surface area contributed by atoms with Crippen LogP contribution in [-0.2, 0) is 0 Å². The number of para-hydroxylation sites is 2. The van der Waals surface area contributed by atoms with Gasteiger partial charge in [-0.3, -0.25) is 10.0 Å². The summed E-state index contributed by atoms with van der Waals surface area (Å²) >= 11 is 0. The van der Waals surface area contributed by atoms with Gasteiger partial charge in [-0.15, -0.1) is 0 Å². The van der Waals surface area contributed by atoms with E-state index in [1.54, 1.807) is 0 Å². The van der Waals surface area contributed by atoms with Crippen LogP contribution in [0.3, 0.4) is 0 Å². The highest BCUT2D eigenvalue weighted by atomic mass is 15.6. The first-order chi connectivity index (χ1) is 12.4. The third kappa shape index (κ3) is 2.83. The van der Waals surface area contributed by atoms with Crippen molar-refractivity contribution in [2.24, 2.45) is 0 Å². The molecule has 4 rings (SSSR count). The van der Waals surface area contributed by atoms with Gasteiger partial charge in [-0.25, -0.2) is 0 Å². The number of hydrogen-bond acceptors (Lipinski definition) is 2. The zero-order chi connectivity index (χ0) is 17.1. The van der Waals surface area contributed by atoms with E-state index in [9.17, 15) is 0 Å².